The monoisotopic (exact) mass is 337 g/mol. The number of rotatable bonds is 5. The highest BCUT2D eigenvalue weighted by molar-refractivity contribution is 9.10. The second-order valence-electron chi connectivity index (χ2n) is 5.27. The van der Waals surface area contributed by atoms with Crippen LogP contribution < -0.4 is 5.32 Å². The van der Waals surface area contributed by atoms with Gasteiger partial charge in [-0.1, -0.05) is 15.9 Å². The summed E-state index contributed by atoms with van der Waals surface area (Å²) in [7, 11) is 0. The molecular weight excluding hydrogens is 321 g/mol. The van der Waals surface area contributed by atoms with Gasteiger partial charge in [0.1, 0.15) is 11.6 Å². The van der Waals surface area contributed by atoms with E-state index in [0.29, 0.717) is 18.2 Å². The minimum Gasteiger partial charge on any atom is -0.326 e. The maximum Gasteiger partial charge on any atom is 0.128 e. The first-order valence-electron chi connectivity index (χ1n) is 6.82. The van der Waals surface area contributed by atoms with E-state index in [1.54, 1.807) is 6.07 Å². The molecule has 2 aromatic rings. The van der Waals surface area contributed by atoms with Crippen LogP contribution in [-0.2, 0) is 13.1 Å². The molecule has 0 amide bonds. The van der Waals surface area contributed by atoms with Gasteiger partial charge in [-0.05, 0) is 38.0 Å². The minimum absolute atomic E-state index is 0.178. The van der Waals surface area contributed by atoms with Crippen molar-refractivity contribution in [2.24, 2.45) is 0 Å². The van der Waals surface area contributed by atoms with Crippen molar-refractivity contribution in [1.29, 1.82) is 0 Å². The molecule has 1 N–H and O–H groups in total. The van der Waals surface area contributed by atoms with E-state index in [1.165, 1.54) is 18.9 Å². The molecule has 3 rings (SSSR count). The van der Waals surface area contributed by atoms with Gasteiger partial charge in [-0.2, -0.15) is 0 Å². The summed E-state index contributed by atoms with van der Waals surface area (Å²) < 4.78 is 16.8. The number of hydrogen-bond acceptors (Lipinski definition) is 2. The lowest BCUT2D eigenvalue weighted by Gasteiger charge is -2.12. The van der Waals surface area contributed by atoms with Crippen molar-refractivity contribution < 1.29 is 4.39 Å². The average molecular weight is 338 g/mol. The molecular formula is C15H17BrFN3. The first-order valence-corrected chi connectivity index (χ1v) is 7.61. The molecule has 0 saturated heterocycles. The molecule has 0 atom stereocenters. The Labute approximate surface area is 126 Å². The van der Waals surface area contributed by atoms with Gasteiger partial charge in [-0.25, -0.2) is 9.37 Å². The molecule has 1 aliphatic rings. The highest BCUT2D eigenvalue weighted by Gasteiger charge is 2.21. The Morgan fingerprint density at radius 3 is 3.00 bits per heavy atom. The van der Waals surface area contributed by atoms with Crippen molar-refractivity contribution in [1.82, 2.24) is 14.9 Å². The zero-order valence-corrected chi connectivity index (χ0v) is 13.0. The van der Waals surface area contributed by atoms with Crippen LogP contribution in [0.2, 0.25) is 0 Å². The van der Waals surface area contributed by atoms with Crippen molar-refractivity contribution in [3.63, 3.8) is 0 Å². The topological polar surface area (TPSA) is 29.9 Å². The standard InChI is InChI=1S/C15H17BrFN3/c1-10-18-7-14(8-19-13-3-4-13)20(10)9-11-6-12(16)2-5-15(11)17/h2,5-7,13,19H,3-4,8-9H2,1H3. The van der Waals surface area contributed by atoms with Gasteiger partial charge in [0.15, 0.2) is 0 Å². The molecule has 0 radical (unpaired) electrons. The molecule has 106 valence electrons. The Morgan fingerprint density at radius 2 is 2.25 bits per heavy atom. The van der Waals surface area contributed by atoms with E-state index in [9.17, 15) is 4.39 Å². The molecule has 3 nitrogen and oxygen atoms in total. The SMILES string of the molecule is Cc1ncc(CNC2CC2)n1Cc1cc(Br)ccc1F. The zero-order chi connectivity index (χ0) is 14.1. The van der Waals surface area contributed by atoms with Crippen LogP contribution in [0.25, 0.3) is 0 Å². The molecule has 1 fully saturated rings. The Bertz CT molecular complexity index is 620. The van der Waals surface area contributed by atoms with Gasteiger partial charge in [-0.3, -0.25) is 0 Å². The van der Waals surface area contributed by atoms with E-state index in [4.69, 9.17) is 0 Å². The maximum absolute atomic E-state index is 13.9. The van der Waals surface area contributed by atoms with Gasteiger partial charge in [0.2, 0.25) is 0 Å². The number of aromatic nitrogens is 2. The van der Waals surface area contributed by atoms with Crippen molar-refractivity contribution in [2.75, 3.05) is 0 Å². The van der Waals surface area contributed by atoms with Crippen LogP contribution in [0.5, 0.6) is 0 Å². The molecule has 0 spiro atoms. The highest BCUT2D eigenvalue weighted by atomic mass is 79.9. The number of aryl methyl sites for hydroxylation is 1. The molecule has 5 heteroatoms. The largest absolute Gasteiger partial charge is 0.326 e. The number of nitrogens with one attached hydrogen (secondary N) is 1. The van der Waals surface area contributed by atoms with Crippen LogP contribution in [-0.4, -0.2) is 15.6 Å². The van der Waals surface area contributed by atoms with Gasteiger partial charge in [0, 0.05) is 28.8 Å². The fourth-order valence-electron chi connectivity index (χ4n) is 2.24. The van der Waals surface area contributed by atoms with E-state index in [2.05, 4.69) is 30.8 Å². The van der Waals surface area contributed by atoms with Crippen LogP contribution in [0, 0.1) is 12.7 Å². The van der Waals surface area contributed by atoms with E-state index >= 15 is 0 Å². The van der Waals surface area contributed by atoms with Gasteiger partial charge in [0.05, 0.1) is 12.2 Å². The molecule has 1 aliphatic carbocycles. The van der Waals surface area contributed by atoms with Gasteiger partial charge in [0.25, 0.3) is 0 Å². The molecule has 0 bridgehead atoms. The van der Waals surface area contributed by atoms with Crippen LogP contribution >= 0.6 is 15.9 Å². The second kappa shape index (κ2) is 5.66. The number of benzene rings is 1. The molecule has 1 saturated carbocycles. The molecule has 1 heterocycles. The Balaban J connectivity index is 1.81. The van der Waals surface area contributed by atoms with Crippen LogP contribution in [0.4, 0.5) is 4.39 Å². The smallest absolute Gasteiger partial charge is 0.128 e. The quantitative estimate of drug-likeness (QED) is 0.906. The summed E-state index contributed by atoms with van der Waals surface area (Å²) in [5.74, 6) is 0.736. The molecule has 0 aliphatic heterocycles. The summed E-state index contributed by atoms with van der Waals surface area (Å²) in [5.41, 5.74) is 1.78. The molecule has 0 unspecified atom stereocenters. The normalized spacial score (nSPS) is 14.8. The van der Waals surface area contributed by atoms with Crippen LogP contribution in [0.1, 0.15) is 29.9 Å². The summed E-state index contributed by atoms with van der Waals surface area (Å²) in [4.78, 5) is 4.35. The first kappa shape index (κ1) is 13.8. The summed E-state index contributed by atoms with van der Waals surface area (Å²) in [6, 6.07) is 5.69. The third kappa shape index (κ3) is 3.10. The summed E-state index contributed by atoms with van der Waals surface area (Å²) in [6.07, 6.45) is 4.39. The maximum atomic E-state index is 13.9. The van der Waals surface area contributed by atoms with E-state index < -0.39 is 0 Å². The van der Waals surface area contributed by atoms with E-state index in [-0.39, 0.29) is 5.82 Å². The first-order chi connectivity index (χ1) is 9.63. The van der Waals surface area contributed by atoms with Crippen molar-refractivity contribution in [3.8, 4) is 0 Å². The zero-order valence-electron chi connectivity index (χ0n) is 11.4. The number of imidazole rings is 1. The fraction of sp³-hybridized carbons (Fsp3) is 0.400. The third-order valence-electron chi connectivity index (χ3n) is 3.62. The molecule has 1 aromatic heterocycles. The lowest BCUT2D eigenvalue weighted by Crippen LogP contribution is -2.19. The molecule has 1 aromatic carbocycles. The third-order valence-corrected chi connectivity index (χ3v) is 4.12. The Hall–Kier alpha value is -1.20. The lowest BCUT2D eigenvalue weighted by molar-refractivity contribution is 0.581. The van der Waals surface area contributed by atoms with Gasteiger partial charge in [-0.15, -0.1) is 0 Å². The Morgan fingerprint density at radius 1 is 1.45 bits per heavy atom. The van der Waals surface area contributed by atoms with E-state index in [0.717, 1.165) is 22.5 Å². The van der Waals surface area contributed by atoms with Crippen LogP contribution in [0.15, 0.2) is 28.9 Å². The summed E-state index contributed by atoms with van der Waals surface area (Å²) in [6.45, 7) is 3.26. The van der Waals surface area contributed by atoms with Gasteiger partial charge < -0.3 is 9.88 Å². The van der Waals surface area contributed by atoms with Gasteiger partial charge >= 0.3 is 0 Å². The minimum atomic E-state index is -0.178. The number of hydrogen-bond donors (Lipinski definition) is 1. The summed E-state index contributed by atoms with van der Waals surface area (Å²) in [5, 5.41) is 3.47. The predicted molar refractivity (Wildman–Crippen MR) is 80.0 cm³/mol. The van der Waals surface area contributed by atoms with E-state index in [1.807, 2.05) is 19.2 Å². The summed E-state index contributed by atoms with van der Waals surface area (Å²) >= 11 is 3.39. The second-order valence-corrected chi connectivity index (χ2v) is 6.19. The highest BCUT2D eigenvalue weighted by Crippen LogP contribution is 2.21. The number of halogens is 2. The predicted octanol–water partition coefficient (Wildman–Crippen LogP) is 3.39. The van der Waals surface area contributed by atoms with Crippen LogP contribution in [0.3, 0.4) is 0 Å². The Kier molecular flexibility index (Phi) is 3.89. The van der Waals surface area contributed by atoms with Crippen molar-refractivity contribution in [3.05, 3.63) is 51.8 Å². The molecule has 20 heavy (non-hydrogen) atoms. The van der Waals surface area contributed by atoms with Crippen molar-refractivity contribution >= 4 is 15.9 Å². The van der Waals surface area contributed by atoms with Crippen molar-refractivity contribution in [2.45, 2.75) is 38.9 Å². The fourth-order valence-corrected chi connectivity index (χ4v) is 2.65. The average Bonchev–Trinajstić information content (AvgIpc) is 3.19. The number of nitrogens with zero attached hydrogens (tertiary/aromatic N) is 2. The lowest BCUT2D eigenvalue weighted by atomic mass is 10.2.